The van der Waals surface area contributed by atoms with Crippen LogP contribution in [-0.2, 0) is 28.8 Å². The number of primary amides is 1. The van der Waals surface area contributed by atoms with E-state index in [0.29, 0.717) is 5.75 Å². The van der Waals surface area contributed by atoms with Gasteiger partial charge in [-0.05, 0) is 31.8 Å². The van der Waals surface area contributed by atoms with Gasteiger partial charge in [0.15, 0.2) is 0 Å². The van der Waals surface area contributed by atoms with Gasteiger partial charge >= 0.3 is 11.9 Å². The van der Waals surface area contributed by atoms with Gasteiger partial charge in [-0.15, -0.1) is 0 Å². The quantitative estimate of drug-likeness (QED) is 0.106. The summed E-state index contributed by atoms with van der Waals surface area (Å²) < 4.78 is 0. The minimum atomic E-state index is -1.68. The SMILES string of the molecule is CSCCC(NC(=O)C(CC(=O)O)NC(=O)C(CCC(N)=O)NC(=O)C(N)C(C)O)C(=O)O. The average molecular weight is 494 g/mol. The maximum Gasteiger partial charge on any atom is 0.326 e. The lowest BCUT2D eigenvalue weighted by atomic mass is 10.1. The van der Waals surface area contributed by atoms with E-state index in [1.54, 1.807) is 6.26 Å². The molecule has 0 bridgehead atoms. The lowest BCUT2D eigenvalue weighted by Crippen LogP contribution is -2.58. The highest BCUT2D eigenvalue weighted by Crippen LogP contribution is 2.05. The Kier molecular flexibility index (Phi) is 13.7. The number of hydrogen-bond donors (Lipinski definition) is 8. The molecule has 10 N–H and O–H groups in total. The number of thioether (sulfide) groups is 1. The molecule has 15 heteroatoms. The normalized spacial score (nSPS) is 15.3. The Balaban J connectivity index is 5.55. The molecule has 0 fully saturated rings. The second-order valence-electron chi connectivity index (χ2n) is 7.17. The van der Waals surface area contributed by atoms with Crippen molar-refractivity contribution < 1.29 is 44.1 Å². The van der Waals surface area contributed by atoms with Gasteiger partial charge in [0.1, 0.15) is 24.2 Å². The van der Waals surface area contributed by atoms with Crippen LogP contribution in [-0.4, -0.2) is 93.2 Å². The smallest absolute Gasteiger partial charge is 0.326 e. The number of aliphatic hydroxyl groups is 1. The zero-order valence-electron chi connectivity index (χ0n) is 18.3. The van der Waals surface area contributed by atoms with E-state index in [9.17, 15) is 39.0 Å². The molecule has 0 aromatic carbocycles. The molecule has 4 amide bonds. The topological polar surface area (TPSA) is 251 Å². The van der Waals surface area contributed by atoms with Crippen molar-refractivity contribution in [1.29, 1.82) is 0 Å². The number of amides is 4. The Morgan fingerprint density at radius 1 is 0.879 bits per heavy atom. The minimum Gasteiger partial charge on any atom is -0.481 e. The van der Waals surface area contributed by atoms with E-state index in [2.05, 4.69) is 16.0 Å². The maximum atomic E-state index is 12.7. The predicted octanol–water partition coefficient (Wildman–Crippen LogP) is -3.27. The monoisotopic (exact) mass is 493 g/mol. The molecule has 0 radical (unpaired) electrons. The van der Waals surface area contributed by atoms with Crippen LogP contribution in [0.15, 0.2) is 0 Å². The summed E-state index contributed by atoms with van der Waals surface area (Å²) in [5, 5.41) is 34.3. The zero-order chi connectivity index (χ0) is 25.7. The van der Waals surface area contributed by atoms with Crippen LogP contribution in [0.1, 0.15) is 32.6 Å². The summed E-state index contributed by atoms with van der Waals surface area (Å²) in [7, 11) is 0. The van der Waals surface area contributed by atoms with E-state index >= 15 is 0 Å². The fraction of sp³-hybridized carbons (Fsp3) is 0.667. The number of carboxylic acid groups (broad SMARTS) is 2. The summed E-state index contributed by atoms with van der Waals surface area (Å²) >= 11 is 1.34. The average Bonchev–Trinajstić information content (AvgIpc) is 2.71. The molecule has 0 spiro atoms. The summed E-state index contributed by atoms with van der Waals surface area (Å²) in [5.74, 6) is -6.20. The van der Waals surface area contributed by atoms with Crippen LogP contribution in [0.3, 0.4) is 0 Å². The molecule has 0 aliphatic carbocycles. The molecule has 0 aromatic rings. The third kappa shape index (κ3) is 12.1. The van der Waals surface area contributed by atoms with E-state index < -0.39 is 72.3 Å². The Morgan fingerprint density at radius 3 is 1.85 bits per heavy atom. The molecule has 0 heterocycles. The summed E-state index contributed by atoms with van der Waals surface area (Å²) in [5.41, 5.74) is 10.6. The highest BCUT2D eigenvalue weighted by Gasteiger charge is 2.32. The first-order valence-corrected chi connectivity index (χ1v) is 11.3. The fourth-order valence-corrected chi connectivity index (χ4v) is 2.94. The van der Waals surface area contributed by atoms with Crippen molar-refractivity contribution in [1.82, 2.24) is 16.0 Å². The van der Waals surface area contributed by atoms with E-state index in [-0.39, 0.29) is 19.3 Å². The molecule has 0 saturated heterocycles. The maximum absolute atomic E-state index is 12.7. The van der Waals surface area contributed by atoms with E-state index in [1.165, 1.54) is 18.7 Å². The molecule has 0 rings (SSSR count). The van der Waals surface area contributed by atoms with Crippen LogP contribution in [0, 0.1) is 0 Å². The van der Waals surface area contributed by atoms with E-state index in [4.69, 9.17) is 16.6 Å². The molecular weight excluding hydrogens is 462 g/mol. The lowest BCUT2D eigenvalue weighted by molar-refractivity contribution is -0.143. The van der Waals surface area contributed by atoms with Crippen LogP contribution in [0.2, 0.25) is 0 Å². The number of nitrogens with two attached hydrogens (primary N) is 2. The summed E-state index contributed by atoms with van der Waals surface area (Å²) in [6.45, 7) is 1.24. The standard InChI is InChI=1S/C18H31N5O9S/c1-8(24)14(20)17(30)21-9(3-4-12(19)25)15(28)23-11(7-13(26)27)16(29)22-10(18(31)32)5-6-33-2/h8-11,14,24H,3-7,20H2,1-2H3,(H2,19,25)(H,21,30)(H,22,29)(H,23,28)(H,26,27)(H,31,32). The highest BCUT2D eigenvalue weighted by atomic mass is 32.2. The van der Waals surface area contributed by atoms with Gasteiger partial charge < -0.3 is 42.7 Å². The van der Waals surface area contributed by atoms with Crippen LogP contribution in [0.25, 0.3) is 0 Å². The Morgan fingerprint density at radius 2 is 1.39 bits per heavy atom. The van der Waals surface area contributed by atoms with Crippen molar-refractivity contribution in [2.45, 2.75) is 62.9 Å². The Bertz CT molecular complexity index is 734. The van der Waals surface area contributed by atoms with E-state index in [1.807, 2.05) is 0 Å². The van der Waals surface area contributed by atoms with Gasteiger partial charge in [0.2, 0.25) is 23.6 Å². The van der Waals surface area contributed by atoms with Crippen molar-refractivity contribution in [3.05, 3.63) is 0 Å². The number of nitrogens with one attached hydrogen (secondary N) is 3. The zero-order valence-corrected chi connectivity index (χ0v) is 19.1. The molecule has 14 nitrogen and oxygen atoms in total. The summed E-state index contributed by atoms with van der Waals surface area (Å²) in [6.07, 6.45) is -0.983. The second kappa shape index (κ2) is 15.0. The van der Waals surface area contributed by atoms with Crippen molar-refractivity contribution >= 4 is 47.3 Å². The van der Waals surface area contributed by atoms with Crippen LogP contribution < -0.4 is 27.4 Å². The summed E-state index contributed by atoms with van der Waals surface area (Å²) in [4.78, 5) is 71.0. The molecule has 5 unspecified atom stereocenters. The van der Waals surface area contributed by atoms with Crippen molar-refractivity contribution in [3.63, 3.8) is 0 Å². The highest BCUT2D eigenvalue weighted by molar-refractivity contribution is 7.98. The Hall–Kier alpha value is -2.91. The van der Waals surface area contributed by atoms with Crippen molar-refractivity contribution in [2.24, 2.45) is 11.5 Å². The molecule has 0 saturated carbocycles. The Labute approximate surface area is 194 Å². The molecule has 5 atom stereocenters. The third-order valence-corrected chi connectivity index (χ3v) is 5.02. The predicted molar refractivity (Wildman–Crippen MR) is 117 cm³/mol. The van der Waals surface area contributed by atoms with Crippen LogP contribution in [0.5, 0.6) is 0 Å². The molecule has 0 aliphatic heterocycles. The van der Waals surface area contributed by atoms with E-state index in [0.717, 1.165) is 0 Å². The molecule has 0 aliphatic rings. The number of aliphatic carboxylic acids is 2. The van der Waals surface area contributed by atoms with Crippen LogP contribution >= 0.6 is 11.8 Å². The van der Waals surface area contributed by atoms with Gasteiger partial charge in [-0.25, -0.2) is 4.79 Å². The molecule has 33 heavy (non-hydrogen) atoms. The van der Waals surface area contributed by atoms with Gasteiger partial charge in [-0.3, -0.25) is 24.0 Å². The van der Waals surface area contributed by atoms with Crippen LogP contribution in [0.4, 0.5) is 0 Å². The van der Waals surface area contributed by atoms with Crippen molar-refractivity contribution in [3.8, 4) is 0 Å². The largest absolute Gasteiger partial charge is 0.481 e. The molecular formula is C18H31N5O9S. The van der Waals surface area contributed by atoms with Gasteiger partial charge in [0.05, 0.1) is 12.5 Å². The lowest BCUT2D eigenvalue weighted by Gasteiger charge is -2.25. The number of carbonyl (C=O) groups is 6. The molecule has 0 aromatic heterocycles. The first-order valence-electron chi connectivity index (χ1n) is 9.86. The fourth-order valence-electron chi connectivity index (χ4n) is 2.46. The third-order valence-electron chi connectivity index (χ3n) is 4.37. The number of carboxylic acids is 2. The van der Waals surface area contributed by atoms with Gasteiger partial charge in [-0.1, -0.05) is 0 Å². The van der Waals surface area contributed by atoms with Gasteiger partial charge in [-0.2, -0.15) is 11.8 Å². The number of hydrogen-bond acceptors (Lipinski definition) is 9. The number of rotatable bonds is 16. The first-order chi connectivity index (χ1) is 15.3. The number of aliphatic hydroxyl groups excluding tert-OH is 1. The summed E-state index contributed by atoms with van der Waals surface area (Å²) in [6, 6.07) is -5.83. The van der Waals surface area contributed by atoms with Crippen molar-refractivity contribution in [2.75, 3.05) is 12.0 Å². The second-order valence-corrected chi connectivity index (χ2v) is 8.16. The molecule has 188 valence electrons. The number of carbonyl (C=O) groups excluding carboxylic acids is 4. The minimum absolute atomic E-state index is 0.0600. The van der Waals surface area contributed by atoms with Gasteiger partial charge in [0.25, 0.3) is 0 Å². The first kappa shape index (κ1) is 30.1. The van der Waals surface area contributed by atoms with Gasteiger partial charge in [0, 0.05) is 6.42 Å².